The van der Waals surface area contributed by atoms with Crippen LogP contribution in [0.15, 0.2) is 9.98 Å². The van der Waals surface area contributed by atoms with E-state index in [4.69, 9.17) is 39.2 Å². The second kappa shape index (κ2) is 41.3. The van der Waals surface area contributed by atoms with E-state index in [1.54, 1.807) is 70.6 Å². The van der Waals surface area contributed by atoms with Crippen molar-refractivity contribution in [1.29, 1.82) is 0 Å². The molecule has 0 spiro atoms. The van der Waals surface area contributed by atoms with Crippen LogP contribution in [0.2, 0.25) is 0 Å². The van der Waals surface area contributed by atoms with E-state index < -0.39 is 12.2 Å². The largest absolute Gasteiger partial charge is 0.449 e. The molecule has 0 radical (unpaired) electrons. The quantitative estimate of drug-likeness (QED) is 0.0180. The molecule has 0 saturated heterocycles. The van der Waals surface area contributed by atoms with Crippen LogP contribution in [0.4, 0.5) is 9.59 Å². The van der Waals surface area contributed by atoms with Crippen molar-refractivity contribution in [1.82, 2.24) is 10.6 Å². The average Bonchev–Trinajstić information content (AvgIpc) is 3.05. The van der Waals surface area contributed by atoms with Crippen molar-refractivity contribution in [3.05, 3.63) is 0 Å². The van der Waals surface area contributed by atoms with Crippen molar-refractivity contribution in [2.45, 2.75) is 0 Å². The molecule has 0 bridgehead atoms. The molecule has 0 atom stereocenters. The van der Waals surface area contributed by atoms with Gasteiger partial charge in [0.25, 0.3) is 0 Å². The number of amides is 2. The number of carbonyl (C=O) groups excluding carboxylic acids is 2. The Hall–Kier alpha value is 0.120. The molecule has 270 valence electrons. The zero-order chi connectivity index (χ0) is 33.4. The molecule has 0 aliphatic heterocycles. The minimum Gasteiger partial charge on any atom is -0.449 e. The Kier molecular flexibility index (Phi) is 41.4. The van der Waals surface area contributed by atoms with Crippen LogP contribution < -0.4 is 10.6 Å². The number of aliphatic imine (C=N–C) groups is 2. The summed E-state index contributed by atoms with van der Waals surface area (Å²) in [4.78, 5) is 51.0. The number of alkyl carbamates (subject to hydrolysis) is 2. The Morgan fingerprint density at radius 3 is 1.65 bits per heavy atom. The minimum atomic E-state index is -0.430. The Morgan fingerprint density at radius 2 is 1.04 bits per heavy atom. The predicted molar refractivity (Wildman–Crippen MR) is 203 cm³/mol. The summed E-state index contributed by atoms with van der Waals surface area (Å²) in [6, 6.07) is 0. The Bertz CT molecular complexity index is 742. The topological polar surface area (TPSA) is 179 Å². The van der Waals surface area contributed by atoms with E-state index in [0.29, 0.717) is 59.9 Å². The molecule has 22 heteroatoms. The zero-order valence-corrected chi connectivity index (χ0v) is 32.1. The van der Waals surface area contributed by atoms with Crippen molar-refractivity contribution in [2.75, 3.05) is 119 Å². The van der Waals surface area contributed by atoms with Crippen molar-refractivity contribution in [3.8, 4) is 0 Å². The van der Waals surface area contributed by atoms with Crippen LogP contribution in [-0.4, -0.2) is 155 Å². The van der Waals surface area contributed by atoms with Gasteiger partial charge in [0.2, 0.25) is 12.8 Å². The van der Waals surface area contributed by atoms with Gasteiger partial charge in [-0.1, -0.05) is 0 Å². The number of aliphatic hydroxyl groups is 2. The molecule has 0 saturated carbocycles. The number of nitrogens with one attached hydrogen (secondary N) is 2. The van der Waals surface area contributed by atoms with Gasteiger partial charge in [-0.25, -0.2) is 19.6 Å². The number of hydrogen-bond donors (Lipinski definition) is 4. The van der Waals surface area contributed by atoms with Crippen molar-refractivity contribution < 1.29 is 48.8 Å². The van der Waals surface area contributed by atoms with E-state index in [0.717, 1.165) is 40.3 Å². The van der Waals surface area contributed by atoms with Crippen LogP contribution in [0.1, 0.15) is 0 Å². The van der Waals surface area contributed by atoms with Crippen LogP contribution in [0.25, 0.3) is 0 Å². The third-order valence-electron chi connectivity index (χ3n) is 4.10. The summed E-state index contributed by atoms with van der Waals surface area (Å²) in [6.07, 6.45) is 1.71. The lowest BCUT2D eigenvalue weighted by molar-refractivity contribution is -0.210. The van der Waals surface area contributed by atoms with Gasteiger partial charge in [0.05, 0.1) is 36.7 Å². The summed E-state index contributed by atoms with van der Waals surface area (Å²) in [5.74, 6) is 10.6. The molecule has 0 heterocycles. The van der Waals surface area contributed by atoms with Gasteiger partial charge in [-0.3, -0.25) is 0 Å². The summed E-state index contributed by atoms with van der Waals surface area (Å²) >= 11 is 12.7. The highest BCUT2D eigenvalue weighted by molar-refractivity contribution is 8.03. The molecule has 0 aromatic heterocycles. The lowest BCUT2D eigenvalue weighted by Crippen LogP contribution is -2.25. The fourth-order valence-corrected chi connectivity index (χ4v) is 7.93. The Balaban J connectivity index is 3.27. The second-order valence-corrected chi connectivity index (χ2v) is 16.4. The van der Waals surface area contributed by atoms with E-state index in [9.17, 15) is 9.59 Å². The van der Waals surface area contributed by atoms with Crippen LogP contribution in [-0.2, 0) is 29.0 Å². The summed E-state index contributed by atoms with van der Waals surface area (Å²) in [5, 5.41) is 22.7. The first kappa shape index (κ1) is 46.1. The SMILES string of the molecule is O=C(NCSCCSC/N=C/OOCSCCSCOC(=O)NCSCCSC/N=C\OOCCSCCO)OCCSCCO. The van der Waals surface area contributed by atoms with Gasteiger partial charge in [-0.15, -0.1) is 70.6 Å². The Labute approximate surface area is 305 Å². The molecule has 0 aliphatic rings. The van der Waals surface area contributed by atoms with Gasteiger partial charge in [0, 0.05) is 57.5 Å². The van der Waals surface area contributed by atoms with Crippen molar-refractivity contribution in [2.24, 2.45) is 9.98 Å². The molecule has 2 amide bonds. The van der Waals surface area contributed by atoms with Crippen LogP contribution in [0, 0.1) is 0 Å². The maximum absolute atomic E-state index is 11.7. The van der Waals surface area contributed by atoms with E-state index >= 15 is 0 Å². The van der Waals surface area contributed by atoms with Crippen molar-refractivity contribution >= 4 is 119 Å². The maximum atomic E-state index is 11.7. The zero-order valence-electron chi connectivity index (χ0n) is 25.6. The molecule has 0 aromatic carbocycles. The Morgan fingerprint density at radius 1 is 0.543 bits per heavy atom. The van der Waals surface area contributed by atoms with E-state index in [-0.39, 0.29) is 19.2 Å². The number of carbonyl (C=O) groups is 2. The molecule has 0 aliphatic carbocycles. The average molecular weight is 807 g/mol. The van der Waals surface area contributed by atoms with Gasteiger partial charge in [-0.2, -0.15) is 33.3 Å². The highest BCUT2D eigenvalue weighted by atomic mass is 32.2. The molecule has 46 heavy (non-hydrogen) atoms. The number of ether oxygens (including phenoxy) is 2. The summed E-state index contributed by atoms with van der Waals surface area (Å²) in [5.41, 5.74) is 0. The van der Waals surface area contributed by atoms with Crippen LogP contribution in [0.3, 0.4) is 0 Å². The van der Waals surface area contributed by atoms with Gasteiger partial charge >= 0.3 is 12.2 Å². The van der Waals surface area contributed by atoms with Gasteiger partial charge in [0.15, 0.2) is 0 Å². The first-order valence-corrected chi connectivity index (χ1v) is 23.1. The molecule has 0 unspecified atom stereocenters. The molecular formula is C24H46N4O10S8. The normalized spacial score (nSPS) is 11.3. The van der Waals surface area contributed by atoms with E-state index in [2.05, 4.69) is 20.6 Å². The lowest BCUT2D eigenvalue weighted by atomic mass is 10.8. The number of hydrogen-bond acceptors (Lipinski definition) is 20. The second-order valence-electron chi connectivity index (χ2n) is 7.53. The first-order valence-electron chi connectivity index (χ1n) is 13.9. The molecule has 0 fully saturated rings. The van der Waals surface area contributed by atoms with Crippen LogP contribution in [0.5, 0.6) is 0 Å². The van der Waals surface area contributed by atoms with Gasteiger partial charge in [-0.05, 0) is 0 Å². The molecule has 14 nitrogen and oxygen atoms in total. The fraction of sp³-hybridized carbons (Fsp3) is 0.833. The van der Waals surface area contributed by atoms with Crippen LogP contribution >= 0.6 is 94.1 Å². The van der Waals surface area contributed by atoms with E-state index in [1.807, 2.05) is 0 Å². The molecular weight excluding hydrogens is 761 g/mol. The third kappa shape index (κ3) is 40.3. The number of nitrogens with zero attached hydrogens (tertiary/aromatic N) is 2. The first-order chi connectivity index (χ1) is 22.7. The third-order valence-corrected chi connectivity index (χ3v) is 11.6. The van der Waals surface area contributed by atoms with Gasteiger partial charge in [0.1, 0.15) is 25.1 Å². The van der Waals surface area contributed by atoms with Gasteiger partial charge < -0.3 is 40.1 Å². The highest BCUT2D eigenvalue weighted by Crippen LogP contribution is 2.09. The summed E-state index contributed by atoms with van der Waals surface area (Å²) < 4.78 is 10.2. The lowest BCUT2D eigenvalue weighted by Gasteiger charge is -2.06. The monoisotopic (exact) mass is 806 g/mol. The molecule has 4 N–H and O–H groups in total. The highest BCUT2D eigenvalue weighted by Gasteiger charge is 2.02. The fourth-order valence-electron chi connectivity index (χ4n) is 2.18. The predicted octanol–water partition coefficient (Wildman–Crippen LogP) is 3.99. The summed E-state index contributed by atoms with van der Waals surface area (Å²) in [6.45, 7) is 1.07. The summed E-state index contributed by atoms with van der Waals surface area (Å²) in [7, 11) is 0. The van der Waals surface area contributed by atoms with Crippen molar-refractivity contribution in [3.63, 3.8) is 0 Å². The number of aliphatic hydroxyl groups excluding tert-OH is 2. The number of thioether (sulfide) groups is 8. The minimum absolute atomic E-state index is 0.129. The maximum Gasteiger partial charge on any atom is 0.408 e. The van der Waals surface area contributed by atoms with E-state index in [1.165, 1.54) is 36.3 Å². The standard InChI is InChI=1S/C24H46N4O10S8/c29-1-5-39-7-3-33-23(31)27-19-43-11-9-42-18-26-16-37-38-22-46-14-13-45-21-34-24(32)28-20-44-12-10-41-17-25-15-36-35-4-8-40-6-2-30/h15-16,29-30H,1-14,17-22H2,(H,27,31)(H,28,32)/b25-15-,26-16+. The smallest absolute Gasteiger partial charge is 0.408 e. The molecule has 0 rings (SSSR count). The number of rotatable bonds is 35. The molecule has 0 aromatic rings.